The Labute approximate surface area is 271 Å². The maximum atomic E-state index is 11.5. The van der Waals surface area contributed by atoms with E-state index in [9.17, 15) is 9.90 Å². The van der Waals surface area contributed by atoms with Crippen LogP contribution in [-0.2, 0) is 9.53 Å². The van der Waals surface area contributed by atoms with Crippen molar-refractivity contribution in [2.24, 2.45) is 45.8 Å². The summed E-state index contributed by atoms with van der Waals surface area (Å²) >= 11 is 0. The summed E-state index contributed by atoms with van der Waals surface area (Å²) in [7, 11) is 1.43. The average Bonchev–Trinajstić information content (AvgIpc) is 3.36. The van der Waals surface area contributed by atoms with E-state index in [0.29, 0.717) is 24.0 Å². The molecular formula is C40H68O4. The summed E-state index contributed by atoms with van der Waals surface area (Å²) in [5.41, 5.74) is 3.17. The van der Waals surface area contributed by atoms with Gasteiger partial charge in [-0.25, -0.2) is 0 Å². The zero-order valence-corrected chi connectivity index (χ0v) is 30.1. The lowest BCUT2D eigenvalue weighted by Gasteiger charge is -2.60. The fraction of sp³-hybridized carbons (Fsp3) is 0.825. The van der Waals surface area contributed by atoms with E-state index in [2.05, 4.69) is 26.0 Å². The molecule has 5 rings (SSSR count). The molecule has 0 saturated heterocycles. The van der Waals surface area contributed by atoms with Crippen LogP contribution in [0.3, 0.4) is 0 Å². The highest BCUT2D eigenvalue weighted by Crippen LogP contribution is 2.67. The second-order valence-electron chi connectivity index (χ2n) is 15.7. The number of carbonyl (C=O) groups is 1. The molecule has 0 spiro atoms. The van der Waals surface area contributed by atoms with Crippen molar-refractivity contribution in [3.63, 3.8) is 0 Å². The minimum Gasteiger partial charge on any atom is -0.493 e. The van der Waals surface area contributed by atoms with Gasteiger partial charge in [-0.2, -0.15) is 0 Å². The molecule has 4 aliphatic carbocycles. The van der Waals surface area contributed by atoms with Gasteiger partial charge in [-0.05, 0) is 162 Å². The van der Waals surface area contributed by atoms with Crippen LogP contribution in [-0.4, -0.2) is 31.4 Å². The molecule has 7 atom stereocenters. The summed E-state index contributed by atoms with van der Waals surface area (Å²) in [5, 5.41) is 9.26. The predicted molar refractivity (Wildman–Crippen MR) is 184 cm³/mol. The lowest BCUT2D eigenvalue weighted by Crippen LogP contribution is -2.52. The summed E-state index contributed by atoms with van der Waals surface area (Å²) < 4.78 is 10.6. The van der Waals surface area contributed by atoms with Gasteiger partial charge < -0.3 is 14.6 Å². The Kier molecular flexibility index (Phi) is 13.7. The van der Waals surface area contributed by atoms with Crippen molar-refractivity contribution >= 4 is 5.97 Å². The van der Waals surface area contributed by atoms with Crippen molar-refractivity contribution in [3.05, 3.63) is 29.3 Å². The summed E-state index contributed by atoms with van der Waals surface area (Å²) in [4.78, 5) is 11.5. The quantitative estimate of drug-likeness (QED) is 0.223. The van der Waals surface area contributed by atoms with Crippen LogP contribution in [0.15, 0.2) is 18.2 Å². The van der Waals surface area contributed by atoms with E-state index in [0.717, 1.165) is 60.2 Å². The van der Waals surface area contributed by atoms with Crippen LogP contribution in [0.1, 0.15) is 143 Å². The zero-order valence-electron chi connectivity index (χ0n) is 30.1. The van der Waals surface area contributed by atoms with Crippen molar-refractivity contribution in [1.29, 1.82) is 0 Å². The summed E-state index contributed by atoms with van der Waals surface area (Å²) in [6.45, 7) is 18.2. The molecular weight excluding hydrogens is 544 g/mol. The smallest absolute Gasteiger partial charge is 0.311 e. The van der Waals surface area contributed by atoms with Gasteiger partial charge in [0, 0.05) is 6.61 Å². The standard InChI is InChI=1S/C22H38O.C16H24O3.C2H6/c1-21-13-4-3-6-16(21)8-10-18-19-11-9-17(7-5-15-23)22(19,2)14-12-20(18)21;1-12-7-8-13(2)14(11-12)19-10-6-9-16(3,4)15(17)18-5;1-2/h16-20,23H,3-15H2,1-2H3;7-8,11H,6,9-10H2,1-5H3;1-2H3. The summed E-state index contributed by atoms with van der Waals surface area (Å²) in [5.74, 6) is 5.79. The Morgan fingerprint density at radius 2 is 1.66 bits per heavy atom. The maximum Gasteiger partial charge on any atom is 0.311 e. The Balaban J connectivity index is 0.000000233. The van der Waals surface area contributed by atoms with Crippen LogP contribution in [0.2, 0.25) is 0 Å². The van der Waals surface area contributed by atoms with E-state index in [1.54, 1.807) is 0 Å². The molecule has 4 fully saturated rings. The van der Waals surface area contributed by atoms with Crippen molar-refractivity contribution in [2.75, 3.05) is 20.3 Å². The van der Waals surface area contributed by atoms with Gasteiger partial charge in [-0.15, -0.1) is 0 Å². The van der Waals surface area contributed by atoms with E-state index < -0.39 is 5.41 Å². The first-order chi connectivity index (χ1) is 21.0. The molecule has 0 amide bonds. The Hall–Kier alpha value is -1.55. The first-order valence-electron chi connectivity index (χ1n) is 18.4. The number of benzene rings is 1. The number of aliphatic hydroxyl groups excluding tert-OH is 1. The molecule has 4 nitrogen and oxygen atoms in total. The predicted octanol–water partition coefficient (Wildman–Crippen LogP) is 10.5. The number of hydrogen-bond acceptors (Lipinski definition) is 4. The van der Waals surface area contributed by atoms with Crippen LogP contribution in [0.5, 0.6) is 5.75 Å². The number of ether oxygens (including phenoxy) is 2. The highest BCUT2D eigenvalue weighted by molar-refractivity contribution is 5.75. The maximum absolute atomic E-state index is 11.5. The Bertz CT molecular complexity index is 1030. The van der Waals surface area contributed by atoms with E-state index in [4.69, 9.17) is 9.47 Å². The van der Waals surface area contributed by atoms with Crippen molar-refractivity contribution < 1.29 is 19.4 Å². The molecule has 4 heteroatoms. The van der Waals surface area contributed by atoms with Gasteiger partial charge in [0.1, 0.15) is 5.75 Å². The van der Waals surface area contributed by atoms with Crippen LogP contribution in [0, 0.1) is 59.7 Å². The van der Waals surface area contributed by atoms with E-state index in [1.165, 1.54) is 83.3 Å². The van der Waals surface area contributed by atoms with Gasteiger partial charge in [0.15, 0.2) is 0 Å². The third-order valence-corrected chi connectivity index (χ3v) is 12.8. The van der Waals surface area contributed by atoms with Gasteiger partial charge in [-0.3, -0.25) is 4.79 Å². The van der Waals surface area contributed by atoms with Crippen LogP contribution < -0.4 is 4.74 Å². The van der Waals surface area contributed by atoms with Crippen molar-refractivity contribution in [1.82, 2.24) is 0 Å². The molecule has 252 valence electrons. The molecule has 0 bridgehead atoms. The van der Waals surface area contributed by atoms with E-state index >= 15 is 0 Å². The molecule has 0 heterocycles. The van der Waals surface area contributed by atoms with Gasteiger partial charge >= 0.3 is 5.97 Å². The summed E-state index contributed by atoms with van der Waals surface area (Å²) in [6.07, 6.45) is 19.0. The highest BCUT2D eigenvalue weighted by Gasteiger charge is 2.59. The minimum atomic E-state index is -0.445. The fourth-order valence-electron chi connectivity index (χ4n) is 10.2. The molecule has 0 radical (unpaired) electrons. The second kappa shape index (κ2) is 16.3. The monoisotopic (exact) mass is 613 g/mol. The molecule has 4 saturated carbocycles. The lowest BCUT2D eigenvalue weighted by atomic mass is 9.45. The first-order valence-corrected chi connectivity index (χ1v) is 18.4. The van der Waals surface area contributed by atoms with Gasteiger partial charge in [0.25, 0.3) is 0 Å². The molecule has 0 aliphatic heterocycles. The molecule has 1 N–H and O–H groups in total. The fourth-order valence-corrected chi connectivity index (χ4v) is 10.2. The van der Waals surface area contributed by atoms with Gasteiger partial charge in [-0.1, -0.05) is 52.7 Å². The van der Waals surface area contributed by atoms with Gasteiger partial charge in [0.2, 0.25) is 0 Å². The topological polar surface area (TPSA) is 55.8 Å². The number of methoxy groups -OCH3 is 1. The average molecular weight is 613 g/mol. The molecule has 44 heavy (non-hydrogen) atoms. The second-order valence-corrected chi connectivity index (χ2v) is 15.7. The number of aliphatic hydroxyl groups is 1. The molecule has 4 aliphatic rings. The molecule has 0 aromatic heterocycles. The molecule has 1 aromatic rings. The Morgan fingerprint density at radius 3 is 2.36 bits per heavy atom. The number of aryl methyl sites for hydroxylation is 2. The van der Waals surface area contributed by atoms with Crippen LogP contribution in [0.25, 0.3) is 0 Å². The lowest BCUT2D eigenvalue weighted by molar-refractivity contribution is -0.151. The van der Waals surface area contributed by atoms with Crippen LogP contribution in [0.4, 0.5) is 0 Å². The zero-order chi connectivity index (χ0) is 32.5. The number of fused-ring (bicyclic) bond motifs is 5. The van der Waals surface area contributed by atoms with Gasteiger partial charge in [0.05, 0.1) is 19.1 Å². The molecule has 1 aromatic carbocycles. The highest BCUT2D eigenvalue weighted by atomic mass is 16.5. The summed E-state index contributed by atoms with van der Waals surface area (Å²) in [6, 6.07) is 6.17. The van der Waals surface area contributed by atoms with E-state index in [1.807, 2.05) is 47.6 Å². The van der Waals surface area contributed by atoms with Crippen molar-refractivity contribution in [3.8, 4) is 5.75 Å². The third-order valence-electron chi connectivity index (χ3n) is 12.8. The largest absolute Gasteiger partial charge is 0.493 e. The first kappa shape index (κ1) is 36.9. The third kappa shape index (κ3) is 8.23. The Morgan fingerprint density at radius 1 is 0.932 bits per heavy atom. The van der Waals surface area contributed by atoms with E-state index in [-0.39, 0.29) is 5.97 Å². The van der Waals surface area contributed by atoms with Crippen molar-refractivity contribution in [2.45, 2.75) is 145 Å². The van der Waals surface area contributed by atoms with Crippen LogP contribution >= 0.6 is 0 Å². The number of carbonyl (C=O) groups excluding carboxylic acids is 1. The minimum absolute atomic E-state index is 0.167. The normalized spacial score (nSPS) is 32.5. The number of hydrogen-bond donors (Lipinski definition) is 1. The SMILES string of the molecule is CC.CC12CCCCC1CCC1C2CCC2(C)C(CCCO)CCC12.COC(=O)C(C)(C)CCCOc1cc(C)ccc1C. The number of rotatable bonds is 9. The number of esters is 1. The molecule has 7 unspecified atom stereocenters.